The molecule has 2 rings (SSSR count). The molecule has 112 valence electrons. The predicted molar refractivity (Wildman–Crippen MR) is 81.3 cm³/mol. The zero-order valence-electron chi connectivity index (χ0n) is 11.9. The van der Waals surface area contributed by atoms with Gasteiger partial charge in [0, 0.05) is 11.6 Å². The third kappa shape index (κ3) is 3.65. The molecule has 0 aromatic heterocycles. The summed E-state index contributed by atoms with van der Waals surface area (Å²) in [4.78, 5) is 0. The monoisotopic (exact) mass is 309 g/mol. The molecule has 0 saturated carbocycles. The van der Waals surface area contributed by atoms with E-state index in [9.17, 15) is 4.39 Å². The normalized spacial score (nSPS) is 12.0. The fourth-order valence-corrected chi connectivity index (χ4v) is 2.08. The second-order valence-electron chi connectivity index (χ2n) is 4.70. The molecule has 0 radical (unpaired) electrons. The Morgan fingerprint density at radius 1 is 1.24 bits per heavy atom. The third-order valence-electron chi connectivity index (χ3n) is 3.13. The first-order valence-electron chi connectivity index (χ1n) is 6.52. The third-order valence-corrected chi connectivity index (χ3v) is 3.55. The van der Waals surface area contributed by atoms with Gasteiger partial charge >= 0.3 is 0 Å². The van der Waals surface area contributed by atoms with Crippen LogP contribution in [0.3, 0.4) is 0 Å². The molecule has 2 aromatic rings. The minimum Gasteiger partial charge on any atom is -0.493 e. The summed E-state index contributed by atoms with van der Waals surface area (Å²) in [5.74, 6) is 0.677. The summed E-state index contributed by atoms with van der Waals surface area (Å²) < 4.78 is 24.3. The van der Waals surface area contributed by atoms with E-state index in [1.165, 1.54) is 6.07 Å². The Morgan fingerprint density at radius 3 is 2.67 bits per heavy atom. The van der Waals surface area contributed by atoms with Crippen LogP contribution >= 0.6 is 11.6 Å². The summed E-state index contributed by atoms with van der Waals surface area (Å²) in [6.45, 7) is 2.05. The molecular formula is C16H17ClFNO2. The van der Waals surface area contributed by atoms with Gasteiger partial charge in [-0.3, -0.25) is 0 Å². The van der Waals surface area contributed by atoms with E-state index in [1.807, 2.05) is 19.1 Å². The number of ether oxygens (including phenoxy) is 2. The fraction of sp³-hybridized carbons (Fsp3) is 0.250. The Balaban J connectivity index is 2.18. The maximum atomic E-state index is 13.4. The van der Waals surface area contributed by atoms with Crippen LogP contribution in [-0.2, 0) is 6.61 Å². The number of rotatable bonds is 5. The van der Waals surface area contributed by atoms with Crippen molar-refractivity contribution in [3.05, 3.63) is 58.4 Å². The van der Waals surface area contributed by atoms with Crippen molar-refractivity contribution in [2.75, 3.05) is 7.11 Å². The summed E-state index contributed by atoms with van der Waals surface area (Å²) in [6.07, 6.45) is 0. The highest BCUT2D eigenvalue weighted by Gasteiger charge is 2.10. The zero-order valence-corrected chi connectivity index (χ0v) is 12.7. The van der Waals surface area contributed by atoms with Gasteiger partial charge in [-0.05, 0) is 30.7 Å². The van der Waals surface area contributed by atoms with Gasteiger partial charge in [-0.2, -0.15) is 0 Å². The van der Waals surface area contributed by atoms with Crippen LogP contribution in [0.15, 0.2) is 36.4 Å². The summed E-state index contributed by atoms with van der Waals surface area (Å²) in [5, 5.41) is 0.0728. The Kier molecular flexibility index (Phi) is 5.04. The Labute approximate surface area is 128 Å². The summed E-state index contributed by atoms with van der Waals surface area (Å²) in [7, 11) is 1.56. The van der Waals surface area contributed by atoms with Crippen LogP contribution in [0.2, 0.25) is 5.02 Å². The number of halogens is 2. The minimum absolute atomic E-state index is 0.0728. The highest BCUT2D eigenvalue weighted by molar-refractivity contribution is 6.31. The number of hydrogen-bond acceptors (Lipinski definition) is 3. The van der Waals surface area contributed by atoms with Crippen molar-refractivity contribution in [2.24, 2.45) is 5.73 Å². The summed E-state index contributed by atoms with van der Waals surface area (Å²) in [6, 6.07) is 10.0. The van der Waals surface area contributed by atoms with Gasteiger partial charge in [-0.25, -0.2) is 4.39 Å². The smallest absolute Gasteiger partial charge is 0.161 e. The van der Waals surface area contributed by atoms with Crippen molar-refractivity contribution in [3.8, 4) is 11.5 Å². The molecule has 3 nitrogen and oxygen atoms in total. The second-order valence-corrected chi connectivity index (χ2v) is 5.08. The highest BCUT2D eigenvalue weighted by Crippen LogP contribution is 2.31. The summed E-state index contributed by atoms with van der Waals surface area (Å²) >= 11 is 5.90. The van der Waals surface area contributed by atoms with Gasteiger partial charge in [-0.15, -0.1) is 0 Å². The topological polar surface area (TPSA) is 44.5 Å². The molecule has 1 atom stereocenters. The molecule has 0 aliphatic carbocycles. The van der Waals surface area contributed by atoms with E-state index < -0.39 is 5.82 Å². The molecule has 0 saturated heterocycles. The average Bonchev–Trinajstić information content (AvgIpc) is 2.48. The molecule has 5 heteroatoms. The van der Waals surface area contributed by atoms with Crippen LogP contribution in [0, 0.1) is 5.82 Å². The van der Waals surface area contributed by atoms with Gasteiger partial charge in [-0.1, -0.05) is 29.8 Å². The standard InChI is InChI=1S/C16H17ClFNO2/c1-10(19)11-6-7-14(15(8-11)20-2)21-9-12-4-3-5-13(18)16(12)17/h3-8,10H,9,19H2,1-2H3/t10-/m0/s1. The van der Waals surface area contributed by atoms with Gasteiger partial charge in [0.2, 0.25) is 0 Å². The van der Waals surface area contributed by atoms with Crippen LogP contribution in [0.1, 0.15) is 24.1 Å². The van der Waals surface area contributed by atoms with Gasteiger partial charge in [0.05, 0.1) is 12.1 Å². The molecule has 0 unspecified atom stereocenters. The minimum atomic E-state index is -0.461. The lowest BCUT2D eigenvalue weighted by Crippen LogP contribution is -2.06. The maximum Gasteiger partial charge on any atom is 0.161 e. The van der Waals surface area contributed by atoms with Crippen LogP contribution < -0.4 is 15.2 Å². The average molecular weight is 310 g/mol. The SMILES string of the molecule is COc1cc([C@H](C)N)ccc1OCc1cccc(F)c1Cl. The van der Waals surface area contributed by atoms with E-state index in [1.54, 1.807) is 25.3 Å². The van der Waals surface area contributed by atoms with Gasteiger partial charge in [0.15, 0.2) is 11.5 Å². The van der Waals surface area contributed by atoms with Crippen molar-refractivity contribution in [2.45, 2.75) is 19.6 Å². The Hall–Kier alpha value is -1.78. The second kappa shape index (κ2) is 6.78. The van der Waals surface area contributed by atoms with Crippen molar-refractivity contribution >= 4 is 11.6 Å². The lowest BCUT2D eigenvalue weighted by molar-refractivity contribution is 0.284. The first-order chi connectivity index (χ1) is 10.0. The van der Waals surface area contributed by atoms with Crippen molar-refractivity contribution in [1.82, 2.24) is 0 Å². The van der Waals surface area contributed by atoms with Crippen LogP contribution in [-0.4, -0.2) is 7.11 Å². The van der Waals surface area contributed by atoms with Crippen molar-refractivity contribution < 1.29 is 13.9 Å². The van der Waals surface area contributed by atoms with E-state index in [-0.39, 0.29) is 17.7 Å². The molecule has 0 amide bonds. The zero-order chi connectivity index (χ0) is 15.4. The molecular weight excluding hydrogens is 293 g/mol. The maximum absolute atomic E-state index is 13.4. The van der Waals surface area contributed by atoms with Crippen molar-refractivity contribution in [3.63, 3.8) is 0 Å². The molecule has 0 heterocycles. The number of methoxy groups -OCH3 is 1. The van der Waals surface area contributed by atoms with Gasteiger partial charge in [0.25, 0.3) is 0 Å². The molecule has 0 fully saturated rings. The lowest BCUT2D eigenvalue weighted by Gasteiger charge is -2.14. The van der Waals surface area contributed by atoms with Crippen LogP contribution in [0.5, 0.6) is 11.5 Å². The molecule has 0 spiro atoms. The van der Waals surface area contributed by atoms with Crippen molar-refractivity contribution in [1.29, 1.82) is 0 Å². The molecule has 21 heavy (non-hydrogen) atoms. The molecule has 0 aliphatic rings. The first kappa shape index (κ1) is 15.6. The predicted octanol–water partition coefficient (Wildman–Crippen LogP) is 4.09. The van der Waals surface area contributed by atoms with E-state index >= 15 is 0 Å². The summed E-state index contributed by atoms with van der Waals surface area (Å²) in [5.41, 5.74) is 7.36. The number of nitrogens with two attached hydrogens (primary N) is 1. The Bertz CT molecular complexity index is 632. The first-order valence-corrected chi connectivity index (χ1v) is 6.90. The number of benzene rings is 2. The molecule has 0 aliphatic heterocycles. The largest absolute Gasteiger partial charge is 0.493 e. The van der Waals surface area contributed by atoms with Gasteiger partial charge < -0.3 is 15.2 Å². The van der Waals surface area contributed by atoms with E-state index in [4.69, 9.17) is 26.8 Å². The van der Waals surface area contributed by atoms with E-state index in [0.29, 0.717) is 17.1 Å². The lowest BCUT2D eigenvalue weighted by atomic mass is 10.1. The quantitative estimate of drug-likeness (QED) is 0.905. The van der Waals surface area contributed by atoms with E-state index in [0.717, 1.165) is 5.56 Å². The number of hydrogen-bond donors (Lipinski definition) is 1. The van der Waals surface area contributed by atoms with E-state index in [2.05, 4.69) is 0 Å². The molecule has 2 aromatic carbocycles. The van der Waals surface area contributed by atoms with Crippen LogP contribution in [0.25, 0.3) is 0 Å². The fourth-order valence-electron chi connectivity index (χ4n) is 1.90. The van der Waals surface area contributed by atoms with Crippen LogP contribution in [0.4, 0.5) is 4.39 Å². The van der Waals surface area contributed by atoms with Gasteiger partial charge in [0.1, 0.15) is 12.4 Å². The highest BCUT2D eigenvalue weighted by atomic mass is 35.5. The Morgan fingerprint density at radius 2 is 2.00 bits per heavy atom. The molecule has 2 N–H and O–H groups in total. The molecule has 0 bridgehead atoms.